The minimum absolute atomic E-state index is 0.137. The highest BCUT2D eigenvalue weighted by atomic mass is 79.9. The highest BCUT2D eigenvalue weighted by molar-refractivity contribution is 9.10. The maximum absolute atomic E-state index is 13.4. The maximum Gasteiger partial charge on any atom is 0.416 e. The van der Waals surface area contributed by atoms with Crippen molar-refractivity contribution in [3.05, 3.63) is 76.4 Å². The molecule has 5 rings (SSSR count). The third-order valence-corrected chi connectivity index (χ3v) is 7.06. The fourth-order valence-electron chi connectivity index (χ4n) is 4.78. The molecule has 0 bridgehead atoms. The number of piperidine rings is 1. The third kappa shape index (κ3) is 5.19. The fraction of sp³-hybridized carbons (Fsp3) is 0.308. The molecule has 3 heterocycles. The summed E-state index contributed by atoms with van der Waals surface area (Å²) < 4.78 is 42.7. The molecule has 1 saturated heterocycles. The molecule has 2 N–H and O–H groups in total. The van der Waals surface area contributed by atoms with E-state index in [4.69, 9.17) is 0 Å². The number of aromatic hydroxyl groups is 1. The maximum atomic E-state index is 13.4. The molecule has 0 spiro atoms. The van der Waals surface area contributed by atoms with E-state index in [0.717, 1.165) is 35.7 Å². The first-order valence-electron chi connectivity index (χ1n) is 11.7. The predicted octanol–water partition coefficient (Wildman–Crippen LogP) is 6.21. The second-order valence-electron chi connectivity index (χ2n) is 9.05. The number of likely N-dealkylation sites (tertiary alicyclic amines) is 1. The lowest BCUT2D eigenvalue weighted by Gasteiger charge is -2.33. The van der Waals surface area contributed by atoms with E-state index in [1.807, 2.05) is 12.1 Å². The summed E-state index contributed by atoms with van der Waals surface area (Å²) in [5.74, 6) is 1.12. The van der Waals surface area contributed by atoms with E-state index < -0.39 is 11.7 Å². The minimum atomic E-state index is -4.36. The largest absolute Gasteiger partial charge is 0.507 e. The van der Waals surface area contributed by atoms with Gasteiger partial charge >= 0.3 is 6.18 Å². The van der Waals surface area contributed by atoms with Gasteiger partial charge in [-0.15, -0.1) is 0 Å². The number of phenols is 1. The van der Waals surface area contributed by atoms with Gasteiger partial charge in [0.15, 0.2) is 5.65 Å². The van der Waals surface area contributed by atoms with Gasteiger partial charge in [0, 0.05) is 31.3 Å². The lowest BCUT2D eigenvalue weighted by molar-refractivity contribution is -0.138. The van der Waals surface area contributed by atoms with Crippen molar-refractivity contribution in [2.45, 2.75) is 25.6 Å². The molecule has 1 unspecified atom stereocenters. The molecule has 36 heavy (non-hydrogen) atoms. The van der Waals surface area contributed by atoms with Crippen LogP contribution in [0.25, 0.3) is 16.9 Å². The van der Waals surface area contributed by atoms with E-state index in [9.17, 15) is 18.3 Å². The molecule has 0 amide bonds. The summed E-state index contributed by atoms with van der Waals surface area (Å²) in [6.45, 7) is 2.37. The van der Waals surface area contributed by atoms with Crippen LogP contribution in [0.15, 0.2) is 65.3 Å². The second-order valence-corrected chi connectivity index (χ2v) is 9.91. The van der Waals surface area contributed by atoms with Crippen molar-refractivity contribution < 1.29 is 18.3 Å². The number of para-hydroxylation sites is 1. The molecule has 188 valence electrons. The Bertz CT molecular complexity index is 1370. The molecule has 1 aliphatic heterocycles. The van der Waals surface area contributed by atoms with Crippen LogP contribution in [-0.4, -0.2) is 44.2 Å². The molecule has 1 aliphatic rings. The number of hydrogen-bond acceptors (Lipinski definition) is 5. The molecule has 1 atom stereocenters. The second kappa shape index (κ2) is 10.1. The van der Waals surface area contributed by atoms with Crippen LogP contribution >= 0.6 is 15.9 Å². The summed E-state index contributed by atoms with van der Waals surface area (Å²) in [5.41, 5.74) is 1.59. The Hall–Kier alpha value is -3.11. The number of anilines is 1. The number of hydrogen-bond donors (Lipinski definition) is 2. The van der Waals surface area contributed by atoms with Crippen molar-refractivity contribution in [3.63, 3.8) is 0 Å². The Labute approximate surface area is 214 Å². The Kier molecular flexibility index (Phi) is 6.90. The minimum Gasteiger partial charge on any atom is -0.507 e. The highest BCUT2D eigenvalue weighted by Gasteiger charge is 2.33. The quantitative estimate of drug-likeness (QED) is 0.294. The monoisotopic (exact) mass is 559 g/mol. The zero-order valence-corrected chi connectivity index (χ0v) is 20.9. The Balaban J connectivity index is 1.33. The van der Waals surface area contributed by atoms with Crippen LogP contribution in [0.4, 0.5) is 19.0 Å². The van der Waals surface area contributed by atoms with E-state index in [-0.39, 0.29) is 18.2 Å². The number of nitrogens with zero attached hydrogens (tertiary/aromatic N) is 4. The number of rotatable bonds is 6. The van der Waals surface area contributed by atoms with E-state index in [1.165, 1.54) is 6.07 Å². The van der Waals surface area contributed by atoms with Crippen molar-refractivity contribution in [1.29, 1.82) is 0 Å². The van der Waals surface area contributed by atoms with Crippen molar-refractivity contribution >= 4 is 27.4 Å². The van der Waals surface area contributed by atoms with E-state index in [0.29, 0.717) is 35.6 Å². The van der Waals surface area contributed by atoms with Gasteiger partial charge in [0.1, 0.15) is 11.6 Å². The zero-order chi connectivity index (χ0) is 25.3. The number of halogens is 4. The van der Waals surface area contributed by atoms with E-state index in [2.05, 4.69) is 36.2 Å². The van der Waals surface area contributed by atoms with Crippen LogP contribution in [0.5, 0.6) is 5.75 Å². The van der Waals surface area contributed by atoms with Crippen LogP contribution in [0.3, 0.4) is 0 Å². The summed E-state index contributed by atoms with van der Waals surface area (Å²) in [4.78, 5) is 6.76. The molecular weight excluding hydrogens is 535 g/mol. The van der Waals surface area contributed by atoms with Gasteiger partial charge in [-0.2, -0.15) is 22.8 Å². The smallest absolute Gasteiger partial charge is 0.416 e. The van der Waals surface area contributed by atoms with Gasteiger partial charge in [-0.1, -0.05) is 30.3 Å². The van der Waals surface area contributed by atoms with Crippen molar-refractivity contribution in [2.24, 2.45) is 5.92 Å². The number of nitrogens with one attached hydrogen (secondary N) is 1. The zero-order valence-electron chi connectivity index (χ0n) is 19.3. The first kappa shape index (κ1) is 24.6. The predicted molar refractivity (Wildman–Crippen MR) is 136 cm³/mol. The number of aromatic nitrogens is 3. The average Bonchev–Trinajstić information content (AvgIpc) is 3.23. The van der Waals surface area contributed by atoms with Crippen LogP contribution in [0.2, 0.25) is 0 Å². The first-order valence-corrected chi connectivity index (χ1v) is 12.5. The van der Waals surface area contributed by atoms with E-state index in [1.54, 1.807) is 41.0 Å². The molecule has 0 radical (unpaired) electrons. The van der Waals surface area contributed by atoms with Gasteiger partial charge < -0.3 is 10.4 Å². The molecule has 0 aliphatic carbocycles. The number of alkyl halides is 3. The molecule has 10 heteroatoms. The molecule has 2 aromatic carbocycles. The van der Waals surface area contributed by atoms with Crippen LogP contribution in [0.1, 0.15) is 24.0 Å². The lowest BCUT2D eigenvalue weighted by Crippen LogP contribution is -2.38. The fourth-order valence-corrected chi connectivity index (χ4v) is 5.12. The Morgan fingerprint density at radius 1 is 1.11 bits per heavy atom. The van der Waals surface area contributed by atoms with Crippen molar-refractivity contribution in [3.8, 4) is 17.0 Å². The summed E-state index contributed by atoms with van der Waals surface area (Å²) in [6, 6.07) is 14.7. The van der Waals surface area contributed by atoms with Gasteiger partial charge in [-0.25, -0.2) is 4.98 Å². The van der Waals surface area contributed by atoms with Gasteiger partial charge in [0.05, 0.1) is 21.9 Å². The topological polar surface area (TPSA) is 65.7 Å². The molecule has 6 nitrogen and oxygen atoms in total. The standard InChI is InChI=1S/C26H25BrF3N5O/c27-21-14-32-35-24(12-22(33-25(21)35)19-8-2-4-10-23(19)36)31-13-17-6-5-11-34(15-17)16-18-7-1-3-9-20(18)26(28,29)30/h1-4,7-10,12,14,17,31,36H,5-6,11,13,15-16H2. The van der Waals surface area contributed by atoms with Gasteiger partial charge in [-0.3, -0.25) is 4.90 Å². The number of fused-ring (bicyclic) bond motifs is 1. The van der Waals surface area contributed by atoms with Gasteiger partial charge in [0.25, 0.3) is 0 Å². The summed E-state index contributed by atoms with van der Waals surface area (Å²) in [7, 11) is 0. The van der Waals surface area contributed by atoms with Crippen LogP contribution in [0, 0.1) is 5.92 Å². The molecule has 1 fully saturated rings. The van der Waals surface area contributed by atoms with Gasteiger partial charge in [0.2, 0.25) is 0 Å². The first-order chi connectivity index (χ1) is 17.3. The number of phenolic OH excluding ortho intramolecular Hbond substituents is 1. The van der Waals surface area contributed by atoms with E-state index >= 15 is 0 Å². The normalized spacial score (nSPS) is 16.9. The third-order valence-electron chi connectivity index (χ3n) is 6.50. The van der Waals surface area contributed by atoms with Crippen molar-refractivity contribution in [2.75, 3.05) is 25.0 Å². The van der Waals surface area contributed by atoms with Crippen LogP contribution < -0.4 is 5.32 Å². The molecule has 4 aromatic rings. The lowest BCUT2D eigenvalue weighted by atomic mass is 9.96. The molecule has 2 aromatic heterocycles. The Morgan fingerprint density at radius 3 is 2.69 bits per heavy atom. The molecule has 0 saturated carbocycles. The number of benzene rings is 2. The highest BCUT2D eigenvalue weighted by Crippen LogP contribution is 2.34. The summed E-state index contributed by atoms with van der Waals surface area (Å²) in [5, 5.41) is 18.2. The Morgan fingerprint density at radius 2 is 1.89 bits per heavy atom. The van der Waals surface area contributed by atoms with Gasteiger partial charge in [-0.05, 0) is 65.0 Å². The average molecular weight is 560 g/mol. The SMILES string of the molecule is Oc1ccccc1-c1cc(NCC2CCCN(Cc3ccccc3C(F)(F)F)C2)n2ncc(Br)c2n1. The van der Waals surface area contributed by atoms with Crippen molar-refractivity contribution in [1.82, 2.24) is 19.5 Å². The van der Waals surface area contributed by atoms with Crippen LogP contribution in [-0.2, 0) is 12.7 Å². The summed E-state index contributed by atoms with van der Waals surface area (Å²) >= 11 is 3.49. The molecular formula is C26H25BrF3N5O. The summed E-state index contributed by atoms with van der Waals surface area (Å²) in [6.07, 6.45) is -0.790.